The minimum absolute atomic E-state index is 0.419. The highest BCUT2D eigenvalue weighted by atomic mass is 32.1. The Labute approximate surface area is 106 Å². The molecule has 0 aliphatic heterocycles. The van der Waals surface area contributed by atoms with Crippen LogP contribution in [0.4, 0.5) is 0 Å². The van der Waals surface area contributed by atoms with Crippen molar-refractivity contribution in [3.63, 3.8) is 0 Å². The molecule has 3 nitrogen and oxygen atoms in total. The molecule has 0 amide bonds. The Morgan fingerprint density at radius 2 is 2.29 bits per heavy atom. The Hall–Kier alpha value is -1.13. The van der Waals surface area contributed by atoms with Crippen LogP contribution in [0.5, 0.6) is 0 Å². The van der Waals surface area contributed by atoms with Gasteiger partial charge in [0.25, 0.3) is 0 Å². The van der Waals surface area contributed by atoms with E-state index in [1.54, 1.807) is 11.3 Å². The normalized spacial score (nSPS) is 14.8. The van der Waals surface area contributed by atoms with Crippen LogP contribution in [0, 0.1) is 0 Å². The Morgan fingerprint density at radius 1 is 1.47 bits per heavy atom. The summed E-state index contributed by atoms with van der Waals surface area (Å²) < 4.78 is 1.97. The molecule has 0 saturated heterocycles. The number of hydrogen-bond acceptors (Lipinski definition) is 3. The summed E-state index contributed by atoms with van der Waals surface area (Å²) in [5, 5.41) is 18.5. The molecule has 17 heavy (non-hydrogen) atoms. The Bertz CT molecular complexity index is 450. The second-order valence-corrected chi connectivity index (χ2v) is 5.10. The second kappa shape index (κ2) is 5.47. The van der Waals surface area contributed by atoms with Crippen molar-refractivity contribution in [2.75, 3.05) is 0 Å². The summed E-state index contributed by atoms with van der Waals surface area (Å²) in [6.45, 7) is 4.29. The predicted octanol–water partition coefficient (Wildman–Crippen LogP) is 3.19. The van der Waals surface area contributed by atoms with Crippen LogP contribution in [0.25, 0.3) is 0 Å². The van der Waals surface area contributed by atoms with Crippen molar-refractivity contribution in [1.29, 1.82) is 0 Å². The highest BCUT2D eigenvalue weighted by Gasteiger charge is 2.11. The maximum Gasteiger partial charge on any atom is 0.0854 e. The predicted molar refractivity (Wildman–Crippen MR) is 70.2 cm³/mol. The average Bonchev–Trinajstić information content (AvgIpc) is 2.98. The molecule has 92 valence electrons. The largest absolute Gasteiger partial charge is 0.388 e. The van der Waals surface area contributed by atoms with Crippen molar-refractivity contribution in [2.24, 2.45) is 0 Å². The van der Waals surface area contributed by atoms with Gasteiger partial charge >= 0.3 is 0 Å². The topological polar surface area (TPSA) is 38.0 Å². The van der Waals surface area contributed by atoms with Crippen molar-refractivity contribution >= 4 is 11.3 Å². The highest BCUT2D eigenvalue weighted by Crippen LogP contribution is 2.20. The lowest BCUT2D eigenvalue weighted by molar-refractivity contribution is 0.177. The van der Waals surface area contributed by atoms with E-state index in [-0.39, 0.29) is 0 Å². The first-order chi connectivity index (χ1) is 8.20. The zero-order chi connectivity index (χ0) is 12.3. The maximum absolute atomic E-state index is 10.0. The zero-order valence-electron chi connectivity index (χ0n) is 10.2. The van der Waals surface area contributed by atoms with E-state index in [0.29, 0.717) is 12.5 Å². The maximum atomic E-state index is 10.0. The van der Waals surface area contributed by atoms with Gasteiger partial charge in [0.15, 0.2) is 0 Å². The van der Waals surface area contributed by atoms with E-state index in [1.807, 2.05) is 33.8 Å². The van der Waals surface area contributed by atoms with E-state index >= 15 is 0 Å². The van der Waals surface area contributed by atoms with E-state index in [2.05, 4.69) is 18.9 Å². The summed E-state index contributed by atoms with van der Waals surface area (Å²) >= 11 is 1.61. The Morgan fingerprint density at radius 3 is 2.94 bits per heavy atom. The summed E-state index contributed by atoms with van der Waals surface area (Å²) in [5.74, 6) is 0. The van der Waals surface area contributed by atoms with Gasteiger partial charge < -0.3 is 5.11 Å². The number of aliphatic hydroxyl groups is 1. The number of nitrogens with zero attached hydrogens (tertiary/aromatic N) is 2. The summed E-state index contributed by atoms with van der Waals surface area (Å²) in [4.78, 5) is 0. The molecule has 2 heterocycles. The molecule has 0 spiro atoms. The zero-order valence-corrected chi connectivity index (χ0v) is 11.0. The van der Waals surface area contributed by atoms with Crippen molar-refractivity contribution in [1.82, 2.24) is 9.78 Å². The molecule has 0 aromatic carbocycles. The van der Waals surface area contributed by atoms with Gasteiger partial charge in [-0.1, -0.05) is 6.92 Å². The lowest BCUT2D eigenvalue weighted by atomic mass is 10.1. The molecule has 0 aliphatic rings. The molecule has 0 fully saturated rings. The minimum atomic E-state index is -0.443. The minimum Gasteiger partial charge on any atom is -0.388 e. The van der Waals surface area contributed by atoms with Gasteiger partial charge in [-0.3, -0.25) is 4.68 Å². The fourth-order valence-corrected chi connectivity index (χ4v) is 2.41. The SMILES string of the molecule is CCC(C)n1ccc(CC(O)c2ccsc2)n1. The van der Waals surface area contributed by atoms with E-state index in [1.165, 1.54) is 0 Å². The van der Waals surface area contributed by atoms with E-state index < -0.39 is 6.10 Å². The van der Waals surface area contributed by atoms with E-state index in [4.69, 9.17) is 0 Å². The second-order valence-electron chi connectivity index (χ2n) is 4.32. The van der Waals surface area contributed by atoms with Gasteiger partial charge in [-0.25, -0.2) is 0 Å². The van der Waals surface area contributed by atoms with Gasteiger partial charge in [0.05, 0.1) is 11.8 Å². The Kier molecular flexibility index (Phi) is 3.97. The van der Waals surface area contributed by atoms with Crippen molar-refractivity contribution < 1.29 is 5.11 Å². The number of hydrogen-bond donors (Lipinski definition) is 1. The molecule has 2 atom stereocenters. The van der Waals surface area contributed by atoms with Crippen LogP contribution in [0.3, 0.4) is 0 Å². The third-order valence-corrected chi connectivity index (χ3v) is 3.74. The van der Waals surface area contributed by atoms with Crippen molar-refractivity contribution in [3.8, 4) is 0 Å². The first kappa shape index (κ1) is 12.3. The molecule has 2 rings (SSSR count). The van der Waals surface area contributed by atoms with Gasteiger partial charge in [-0.15, -0.1) is 0 Å². The van der Waals surface area contributed by atoms with Gasteiger partial charge in [0.2, 0.25) is 0 Å². The monoisotopic (exact) mass is 250 g/mol. The summed E-state index contributed by atoms with van der Waals surface area (Å²) in [7, 11) is 0. The van der Waals surface area contributed by atoms with Crippen LogP contribution >= 0.6 is 11.3 Å². The fourth-order valence-electron chi connectivity index (χ4n) is 1.70. The van der Waals surface area contributed by atoms with Crippen LogP contribution < -0.4 is 0 Å². The van der Waals surface area contributed by atoms with Crippen LogP contribution in [-0.4, -0.2) is 14.9 Å². The lowest BCUT2D eigenvalue weighted by Gasteiger charge is -2.09. The molecule has 1 N–H and O–H groups in total. The number of thiophene rings is 1. The Balaban J connectivity index is 2.02. The van der Waals surface area contributed by atoms with Gasteiger partial charge in [0.1, 0.15) is 0 Å². The molecule has 0 bridgehead atoms. The molecule has 2 unspecified atom stereocenters. The average molecular weight is 250 g/mol. The molecular formula is C13H18N2OS. The smallest absolute Gasteiger partial charge is 0.0854 e. The van der Waals surface area contributed by atoms with Crippen molar-refractivity contribution in [3.05, 3.63) is 40.3 Å². The fraction of sp³-hybridized carbons (Fsp3) is 0.462. The van der Waals surface area contributed by atoms with Crippen LogP contribution in [-0.2, 0) is 6.42 Å². The first-order valence-electron chi connectivity index (χ1n) is 5.95. The standard InChI is InChI=1S/C13H18N2OS/c1-3-10(2)15-6-4-12(14-15)8-13(16)11-5-7-17-9-11/h4-7,9-10,13,16H,3,8H2,1-2H3. The van der Waals surface area contributed by atoms with Crippen LogP contribution in [0.15, 0.2) is 29.1 Å². The molecule has 0 aliphatic carbocycles. The van der Waals surface area contributed by atoms with Crippen LogP contribution in [0.2, 0.25) is 0 Å². The van der Waals surface area contributed by atoms with E-state index in [9.17, 15) is 5.11 Å². The van der Waals surface area contributed by atoms with Crippen LogP contribution in [0.1, 0.15) is 43.7 Å². The summed E-state index contributed by atoms with van der Waals surface area (Å²) in [5.41, 5.74) is 1.93. The van der Waals surface area contributed by atoms with Gasteiger partial charge in [0, 0.05) is 18.7 Å². The number of aliphatic hydroxyl groups excluding tert-OH is 1. The van der Waals surface area contributed by atoms with E-state index in [0.717, 1.165) is 17.7 Å². The number of aromatic nitrogens is 2. The van der Waals surface area contributed by atoms with Gasteiger partial charge in [-0.2, -0.15) is 16.4 Å². The highest BCUT2D eigenvalue weighted by molar-refractivity contribution is 7.07. The molecular weight excluding hydrogens is 232 g/mol. The molecule has 4 heteroatoms. The summed E-state index contributed by atoms with van der Waals surface area (Å²) in [6.07, 6.45) is 3.19. The molecule has 2 aromatic heterocycles. The molecule has 0 radical (unpaired) electrons. The summed E-state index contributed by atoms with van der Waals surface area (Å²) in [6, 6.07) is 4.37. The third kappa shape index (κ3) is 2.96. The molecule has 2 aromatic rings. The van der Waals surface area contributed by atoms with Gasteiger partial charge in [-0.05, 0) is 41.8 Å². The first-order valence-corrected chi connectivity index (χ1v) is 6.89. The molecule has 0 saturated carbocycles. The third-order valence-electron chi connectivity index (χ3n) is 3.04. The lowest BCUT2D eigenvalue weighted by Crippen LogP contribution is -2.06. The number of rotatable bonds is 5. The van der Waals surface area contributed by atoms with Crippen molar-refractivity contribution in [2.45, 2.75) is 38.8 Å². The quantitative estimate of drug-likeness (QED) is 0.885.